The van der Waals surface area contributed by atoms with E-state index >= 15 is 0 Å². The van der Waals surface area contributed by atoms with Gasteiger partial charge in [0.05, 0.1) is 0 Å². The number of imide groups is 1. The van der Waals surface area contributed by atoms with E-state index in [0.29, 0.717) is 19.4 Å². The Morgan fingerprint density at radius 1 is 1.29 bits per heavy atom. The lowest BCUT2D eigenvalue weighted by atomic mass is 10.2. The highest BCUT2D eigenvalue weighted by molar-refractivity contribution is 6.02. The number of nitrogens with one attached hydrogen (secondary N) is 1. The fourth-order valence-corrected chi connectivity index (χ4v) is 2.77. The molecule has 1 aromatic heterocycles. The lowest BCUT2D eigenvalue weighted by Crippen LogP contribution is -2.52. The fraction of sp³-hybridized carbons (Fsp3) is 0.533. The van der Waals surface area contributed by atoms with E-state index in [1.807, 2.05) is 18.3 Å². The molecule has 21 heavy (non-hydrogen) atoms. The van der Waals surface area contributed by atoms with Crippen molar-refractivity contribution in [1.29, 1.82) is 0 Å². The summed E-state index contributed by atoms with van der Waals surface area (Å²) in [7, 11) is 0. The maximum absolute atomic E-state index is 12.0. The van der Waals surface area contributed by atoms with E-state index < -0.39 is 12.2 Å². The van der Waals surface area contributed by atoms with Crippen LogP contribution in [0.25, 0.3) is 0 Å². The Balaban J connectivity index is 1.41. The molecule has 0 saturated carbocycles. The molecule has 112 valence electrons. The molecule has 0 spiro atoms. The molecule has 3 heterocycles. The van der Waals surface area contributed by atoms with Crippen molar-refractivity contribution < 1.29 is 14.3 Å². The second-order valence-corrected chi connectivity index (χ2v) is 5.41. The maximum Gasteiger partial charge on any atom is 0.258 e. The Morgan fingerprint density at radius 3 is 2.71 bits per heavy atom. The molecule has 2 aliphatic heterocycles. The fourth-order valence-electron chi connectivity index (χ4n) is 2.77. The average molecular weight is 289 g/mol. The van der Waals surface area contributed by atoms with Crippen molar-refractivity contribution in [2.24, 2.45) is 0 Å². The molecule has 3 rings (SSSR count). The average Bonchev–Trinajstić information content (AvgIpc) is 2.96. The van der Waals surface area contributed by atoms with Gasteiger partial charge < -0.3 is 10.1 Å². The van der Waals surface area contributed by atoms with Gasteiger partial charge in [0, 0.05) is 25.5 Å². The van der Waals surface area contributed by atoms with Gasteiger partial charge in [0.25, 0.3) is 11.8 Å². The number of pyridine rings is 1. The number of amides is 2. The van der Waals surface area contributed by atoms with Crippen LogP contribution in [0.15, 0.2) is 24.5 Å². The zero-order valence-corrected chi connectivity index (χ0v) is 11.8. The van der Waals surface area contributed by atoms with Gasteiger partial charge in [0.2, 0.25) is 0 Å². The predicted molar refractivity (Wildman–Crippen MR) is 75.2 cm³/mol. The number of nitrogens with zero attached hydrogens (tertiary/aromatic N) is 2. The lowest BCUT2D eigenvalue weighted by molar-refractivity contribution is -0.168. The van der Waals surface area contributed by atoms with Crippen molar-refractivity contribution >= 4 is 11.8 Å². The van der Waals surface area contributed by atoms with Crippen LogP contribution in [-0.4, -0.2) is 47.0 Å². The molecule has 0 aliphatic carbocycles. The van der Waals surface area contributed by atoms with Crippen LogP contribution in [0.2, 0.25) is 0 Å². The quantitative estimate of drug-likeness (QED) is 0.609. The normalized spacial score (nSPS) is 24.7. The number of likely N-dealkylation sites (tertiary alicyclic amines) is 1. The Bertz CT molecular complexity index is 498. The number of hydrogen-bond acceptors (Lipinski definition) is 5. The molecule has 2 amide bonds. The zero-order chi connectivity index (χ0) is 14.7. The van der Waals surface area contributed by atoms with E-state index in [0.717, 1.165) is 25.1 Å². The van der Waals surface area contributed by atoms with E-state index in [9.17, 15) is 9.59 Å². The number of morpholine rings is 1. The van der Waals surface area contributed by atoms with Crippen LogP contribution < -0.4 is 5.32 Å². The Kier molecular flexibility index (Phi) is 4.26. The van der Waals surface area contributed by atoms with Gasteiger partial charge in [-0.25, -0.2) is 0 Å². The largest absolute Gasteiger partial charge is 0.355 e. The Hall–Kier alpha value is -1.79. The highest BCUT2D eigenvalue weighted by atomic mass is 16.5. The second kappa shape index (κ2) is 6.32. The molecule has 2 atom stereocenters. The third kappa shape index (κ3) is 3.11. The number of aromatic nitrogens is 1. The molecule has 2 aliphatic rings. The monoisotopic (exact) mass is 289 g/mol. The lowest BCUT2D eigenvalue weighted by Gasteiger charge is -2.29. The van der Waals surface area contributed by atoms with Crippen LogP contribution in [-0.2, 0) is 20.9 Å². The maximum atomic E-state index is 12.0. The van der Waals surface area contributed by atoms with E-state index in [1.54, 1.807) is 6.20 Å². The van der Waals surface area contributed by atoms with Gasteiger partial charge in [-0.15, -0.1) is 0 Å². The van der Waals surface area contributed by atoms with Crippen molar-refractivity contribution in [3.63, 3.8) is 0 Å². The molecule has 1 aromatic rings. The first-order valence-corrected chi connectivity index (χ1v) is 7.36. The summed E-state index contributed by atoms with van der Waals surface area (Å²) in [4.78, 5) is 29.5. The summed E-state index contributed by atoms with van der Waals surface area (Å²) < 4.78 is 5.37. The first kappa shape index (κ1) is 14.2. The second-order valence-electron chi connectivity index (χ2n) is 5.41. The minimum absolute atomic E-state index is 0.166. The van der Waals surface area contributed by atoms with E-state index in [-0.39, 0.29) is 11.8 Å². The highest BCUT2D eigenvalue weighted by Crippen LogP contribution is 2.28. The molecule has 2 unspecified atom stereocenters. The van der Waals surface area contributed by atoms with Gasteiger partial charge in [0.15, 0.2) is 0 Å². The Morgan fingerprint density at radius 2 is 2.05 bits per heavy atom. The summed E-state index contributed by atoms with van der Waals surface area (Å²) in [5, 5.41) is 3.29. The van der Waals surface area contributed by atoms with Gasteiger partial charge in [-0.1, -0.05) is 6.07 Å². The molecule has 2 bridgehead atoms. The van der Waals surface area contributed by atoms with Crippen LogP contribution in [0.1, 0.15) is 24.8 Å². The summed E-state index contributed by atoms with van der Waals surface area (Å²) in [6.07, 6.45) is 4.87. The molecule has 2 saturated heterocycles. The van der Waals surface area contributed by atoms with E-state index in [2.05, 4.69) is 10.3 Å². The van der Waals surface area contributed by atoms with Crippen molar-refractivity contribution in [3.8, 4) is 0 Å². The number of ether oxygens (including phenoxy) is 1. The molecule has 0 aromatic carbocycles. The molecule has 6 nitrogen and oxygen atoms in total. The molecular formula is C15H19N3O3. The first-order valence-electron chi connectivity index (χ1n) is 7.36. The summed E-state index contributed by atoms with van der Waals surface area (Å²) in [5.41, 5.74) is 1.12. The van der Waals surface area contributed by atoms with Crippen molar-refractivity contribution in [3.05, 3.63) is 30.1 Å². The standard InChI is InChI=1S/C15H19N3O3/c19-14-12-4-5-13(21-12)15(20)18(14)8-2-7-17-10-11-3-1-6-16-9-11/h1,3,6,9,12-13,17H,2,4-5,7-8,10H2. The minimum Gasteiger partial charge on any atom is -0.355 e. The van der Waals surface area contributed by atoms with Gasteiger partial charge in [-0.3, -0.25) is 19.5 Å². The first-order chi connectivity index (χ1) is 10.3. The van der Waals surface area contributed by atoms with Crippen LogP contribution in [0.4, 0.5) is 0 Å². The molecule has 6 heteroatoms. The number of hydrogen-bond donors (Lipinski definition) is 1. The Labute approximate surface area is 123 Å². The van der Waals surface area contributed by atoms with E-state index in [1.165, 1.54) is 4.90 Å². The van der Waals surface area contributed by atoms with Crippen LogP contribution in [0, 0.1) is 0 Å². The zero-order valence-electron chi connectivity index (χ0n) is 11.8. The summed E-state index contributed by atoms with van der Waals surface area (Å²) >= 11 is 0. The topological polar surface area (TPSA) is 71.5 Å². The van der Waals surface area contributed by atoms with Crippen LogP contribution in [0.5, 0.6) is 0 Å². The summed E-state index contributed by atoms with van der Waals surface area (Å²) in [5.74, 6) is -0.331. The third-order valence-electron chi connectivity index (χ3n) is 3.89. The number of carbonyl (C=O) groups excluding carboxylic acids is 2. The summed E-state index contributed by atoms with van der Waals surface area (Å²) in [6, 6.07) is 3.91. The van der Waals surface area contributed by atoms with Gasteiger partial charge in [0.1, 0.15) is 12.2 Å². The van der Waals surface area contributed by atoms with Crippen molar-refractivity contribution in [2.75, 3.05) is 13.1 Å². The predicted octanol–water partition coefficient (Wildman–Crippen LogP) is 0.478. The molecule has 0 radical (unpaired) electrons. The number of carbonyl (C=O) groups is 2. The van der Waals surface area contributed by atoms with Gasteiger partial charge in [-0.2, -0.15) is 0 Å². The smallest absolute Gasteiger partial charge is 0.258 e. The summed E-state index contributed by atoms with van der Waals surface area (Å²) in [6.45, 7) is 1.96. The third-order valence-corrected chi connectivity index (χ3v) is 3.89. The van der Waals surface area contributed by atoms with Gasteiger partial charge >= 0.3 is 0 Å². The SMILES string of the molecule is O=C1C2CCC(O2)C(=O)N1CCCNCc1cccnc1. The molecule has 1 N–H and O–H groups in total. The molecule has 2 fully saturated rings. The minimum atomic E-state index is -0.393. The van der Waals surface area contributed by atoms with E-state index in [4.69, 9.17) is 4.74 Å². The number of rotatable bonds is 6. The van der Waals surface area contributed by atoms with Crippen molar-refractivity contribution in [2.45, 2.75) is 38.0 Å². The van der Waals surface area contributed by atoms with Crippen LogP contribution in [0.3, 0.4) is 0 Å². The van der Waals surface area contributed by atoms with Gasteiger partial charge in [-0.05, 0) is 37.4 Å². The highest BCUT2D eigenvalue weighted by Gasteiger charge is 2.45. The van der Waals surface area contributed by atoms with Crippen molar-refractivity contribution in [1.82, 2.24) is 15.2 Å². The van der Waals surface area contributed by atoms with Crippen LogP contribution >= 0.6 is 0 Å². The number of fused-ring (bicyclic) bond motifs is 2. The molecular weight excluding hydrogens is 270 g/mol.